The first-order valence-corrected chi connectivity index (χ1v) is 7.08. The Morgan fingerprint density at radius 2 is 2.17 bits per heavy atom. The molecule has 100 valence electrons. The third kappa shape index (κ3) is 3.25. The molecule has 0 spiro atoms. The molecule has 0 aromatic carbocycles. The van der Waals surface area contributed by atoms with Gasteiger partial charge in [-0.2, -0.15) is 5.10 Å². The first-order chi connectivity index (χ1) is 8.70. The Hall–Kier alpha value is -1.03. The van der Waals surface area contributed by atoms with Crippen molar-refractivity contribution in [3.8, 4) is 0 Å². The van der Waals surface area contributed by atoms with Crippen LogP contribution in [0.2, 0.25) is 5.02 Å². The minimum Gasteiger partial charge on any atom is -0.380 e. The lowest BCUT2D eigenvalue weighted by molar-refractivity contribution is 0.319. The van der Waals surface area contributed by atoms with Gasteiger partial charge in [-0.25, -0.2) is 5.10 Å². The zero-order valence-corrected chi connectivity index (χ0v) is 11.5. The van der Waals surface area contributed by atoms with Gasteiger partial charge in [0.05, 0.1) is 11.9 Å². The lowest BCUT2D eigenvalue weighted by Crippen LogP contribution is -2.27. The number of halogens is 1. The normalized spacial score (nSPS) is 23.9. The quantitative estimate of drug-likeness (QED) is 0.883. The Balaban J connectivity index is 1.92. The van der Waals surface area contributed by atoms with Gasteiger partial charge in [0, 0.05) is 6.04 Å². The number of nitrogens with one attached hydrogen (secondary N) is 2. The van der Waals surface area contributed by atoms with Crippen LogP contribution in [0, 0.1) is 5.92 Å². The molecule has 1 aromatic heterocycles. The molecule has 1 aromatic rings. The zero-order chi connectivity index (χ0) is 13.0. The van der Waals surface area contributed by atoms with E-state index in [0.717, 1.165) is 18.8 Å². The van der Waals surface area contributed by atoms with Crippen LogP contribution in [0.3, 0.4) is 0 Å². The molecule has 2 N–H and O–H groups in total. The SMILES string of the molecule is CCCC1CCC(Nc2cn[nH]c(=O)c2Cl)CC1. The number of anilines is 1. The van der Waals surface area contributed by atoms with E-state index in [0.29, 0.717) is 11.7 Å². The summed E-state index contributed by atoms with van der Waals surface area (Å²) in [5.41, 5.74) is 0.320. The summed E-state index contributed by atoms with van der Waals surface area (Å²) in [6.07, 6.45) is 9.01. The van der Waals surface area contributed by atoms with E-state index in [4.69, 9.17) is 11.6 Å². The minimum atomic E-state index is -0.332. The first kappa shape index (κ1) is 13.4. The molecule has 0 radical (unpaired) electrons. The van der Waals surface area contributed by atoms with Crippen molar-refractivity contribution in [2.75, 3.05) is 5.32 Å². The number of nitrogens with zero attached hydrogens (tertiary/aromatic N) is 1. The van der Waals surface area contributed by atoms with E-state index in [1.807, 2.05) is 0 Å². The Kier molecular flexibility index (Phi) is 4.64. The Morgan fingerprint density at radius 3 is 2.83 bits per heavy atom. The van der Waals surface area contributed by atoms with E-state index in [1.165, 1.54) is 25.7 Å². The Morgan fingerprint density at radius 1 is 1.44 bits per heavy atom. The molecule has 1 aliphatic carbocycles. The average Bonchev–Trinajstić information content (AvgIpc) is 2.38. The molecule has 1 heterocycles. The fraction of sp³-hybridized carbons (Fsp3) is 0.692. The van der Waals surface area contributed by atoms with Crippen molar-refractivity contribution in [3.63, 3.8) is 0 Å². The van der Waals surface area contributed by atoms with Crippen LogP contribution < -0.4 is 10.9 Å². The van der Waals surface area contributed by atoms with Gasteiger partial charge >= 0.3 is 0 Å². The van der Waals surface area contributed by atoms with Gasteiger partial charge in [-0.15, -0.1) is 0 Å². The zero-order valence-electron chi connectivity index (χ0n) is 10.7. The maximum atomic E-state index is 11.3. The van der Waals surface area contributed by atoms with Gasteiger partial charge in [0.2, 0.25) is 0 Å². The molecule has 1 fully saturated rings. The summed E-state index contributed by atoms with van der Waals surface area (Å²) in [6, 6.07) is 0.416. The van der Waals surface area contributed by atoms with Gasteiger partial charge in [-0.3, -0.25) is 4.79 Å². The van der Waals surface area contributed by atoms with Crippen molar-refractivity contribution in [1.29, 1.82) is 0 Å². The summed E-state index contributed by atoms with van der Waals surface area (Å²) >= 11 is 5.94. The fourth-order valence-electron chi connectivity index (χ4n) is 2.71. The summed E-state index contributed by atoms with van der Waals surface area (Å²) in [6.45, 7) is 2.24. The number of rotatable bonds is 4. The second-order valence-corrected chi connectivity index (χ2v) is 5.46. The predicted molar refractivity (Wildman–Crippen MR) is 74.1 cm³/mol. The van der Waals surface area contributed by atoms with Crippen molar-refractivity contribution in [3.05, 3.63) is 21.6 Å². The highest BCUT2D eigenvalue weighted by Gasteiger charge is 2.21. The number of aromatic amines is 1. The third-order valence-electron chi connectivity index (χ3n) is 3.70. The summed E-state index contributed by atoms with van der Waals surface area (Å²) < 4.78 is 0. The van der Waals surface area contributed by atoms with Crippen molar-refractivity contribution in [1.82, 2.24) is 10.2 Å². The smallest absolute Gasteiger partial charge is 0.285 e. The van der Waals surface area contributed by atoms with Crippen molar-refractivity contribution in [2.45, 2.75) is 51.5 Å². The lowest BCUT2D eigenvalue weighted by atomic mass is 9.83. The number of H-pyrrole nitrogens is 1. The van der Waals surface area contributed by atoms with E-state index >= 15 is 0 Å². The van der Waals surface area contributed by atoms with E-state index in [9.17, 15) is 4.79 Å². The van der Waals surface area contributed by atoms with Crippen LogP contribution in [0.5, 0.6) is 0 Å². The molecule has 0 atom stereocenters. The minimum absolute atomic E-state index is 0.209. The molecule has 0 saturated heterocycles. The van der Waals surface area contributed by atoms with Crippen LogP contribution in [-0.2, 0) is 0 Å². The number of hydrogen-bond donors (Lipinski definition) is 2. The molecule has 2 rings (SSSR count). The molecule has 1 saturated carbocycles. The second kappa shape index (κ2) is 6.23. The lowest BCUT2D eigenvalue weighted by Gasteiger charge is -2.29. The van der Waals surface area contributed by atoms with Crippen molar-refractivity contribution in [2.24, 2.45) is 5.92 Å². The van der Waals surface area contributed by atoms with Crippen LogP contribution in [0.1, 0.15) is 45.4 Å². The van der Waals surface area contributed by atoms with Crippen LogP contribution in [-0.4, -0.2) is 16.2 Å². The summed E-state index contributed by atoms with van der Waals surface area (Å²) in [7, 11) is 0. The monoisotopic (exact) mass is 269 g/mol. The Bertz CT molecular complexity index is 438. The van der Waals surface area contributed by atoms with Crippen molar-refractivity contribution >= 4 is 17.3 Å². The summed E-state index contributed by atoms with van der Waals surface area (Å²) in [4.78, 5) is 11.3. The highest BCUT2D eigenvalue weighted by atomic mass is 35.5. The van der Waals surface area contributed by atoms with Gasteiger partial charge in [0.25, 0.3) is 5.56 Å². The fourth-order valence-corrected chi connectivity index (χ4v) is 2.85. The second-order valence-electron chi connectivity index (χ2n) is 5.08. The van der Waals surface area contributed by atoms with E-state index in [2.05, 4.69) is 22.4 Å². The average molecular weight is 270 g/mol. The summed E-state index contributed by atoms with van der Waals surface area (Å²) in [5, 5.41) is 9.64. The molecule has 0 unspecified atom stereocenters. The standard InChI is InChI=1S/C13H20ClN3O/c1-2-3-9-4-6-10(7-5-9)16-11-8-15-17-13(18)12(11)14/h8-10H,2-7H2,1H3,(H2,16,17,18). The van der Waals surface area contributed by atoms with Gasteiger partial charge in [-0.1, -0.05) is 31.4 Å². The van der Waals surface area contributed by atoms with E-state index in [-0.39, 0.29) is 10.6 Å². The van der Waals surface area contributed by atoms with Crippen LogP contribution in [0.15, 0.2) is 11.0 Å². The molecule has 18 heavy (non-hydrogen) atoms. The molecular weight excluding hydrogens is 250 g/mol. The van der Waals surface area contributed by atoms with Crippen LogP contribution >= 0.6 is 11.6 Å². The molecule has 4 nitrogen and oxygen atoms in total. The molecular formula is C13H20ClN3O. The summed E-state index contributed by atoms with van der Waals surface area (Å²) in [5.74, 6) is 0.876. The molecule has 0 amide bonds. The van der Waals surface area contributed by atoms with E-state index in [1.54, 1.807) is 6.20 Å². The highest BCUT2D eigenvalue weighted by Crippen LogP contribution is 2.30. The number of hydrogen-bond acceptors (Lipinski definition) is 3. The topological polar surface area (TPSA) is 57.8 Å². The predicted octanol–water partition coefficient (Wildman–Crippen LogP) is 3.19. The highest BCUT2D eigenvalue weighted by molar-refractivity contribution is 6.32. The first-order valence-electron chi connectivity index (χ1n) is 6.70. The van der Waals surface area contributed by atoms with Crippen molar-refractivity contribution < 1.29 is 0 Å². The maximum Gasteiger partial charge on any atom is 0.285 e. The van der Waals surface area contributed by atoms with Gasteiger partial charge in [0.15, 0.2) is 0 Å². The van der Waals surface area contributed by atoms with Gasteiger partial charge in [0.1, 0.15) is 5.02 Å². The molecule has 0 bridgehead atoms. The Labute approximate surface area is 112 Å². The largest absolute Gasteiger partial charge is 0.380 e. The van der Waals surface area contributed by atoms with Crippen LogP contribution in [0.4, 0.5) is 5.69 Å². The molecule has 5 heteroatoms. The van der Waals surface area contributed by atoms with Crippen LogP contribution in [0.25, 0.3) is 0 Å². The van der Waals surface area contributed by atoms with Gasteiger partial charge < -0.3 is 5.32 Å². The third-order valence-corrected chi connectivity index (χ3v) is 4.07. The maximum absolute atomic E-state index is 11.3. The number of aromatic nitrogens is 2. The van der Waals surface area contributed by atoms with Gasteiger partial charge in [-0.05, 0) is 31.6 Å². The molecule has 1 aliphatic rings. The van der Waals surface area contributed by atoms with E-state index < -0.39 is 0 Å². The molecule has 0 aliphatic heterocycles.